The number of rotatable bonds is 5. The van der Waals surface area contributed by atoms with Crippen molar-refractivity contribution < 1.29 is 23.2 Å². The predicted molar refractivity (Wildman–Crippen MR) is 110 cm³/mol. The van der Waals surface area contributed by atoms with Gasteiger partial charge in [-0.2, -0.15) is 5.10 Å². The Bertz CT molecular complexity index is 1090. The van der Waals surface area contributed by atoms with Gasteiger partial charge in [0.25, 0.3) is 0 Å². The molecule has 0 bridgehead atoms. The highest BCUT2D eigenvalue weighted by Crippen LogP contribution is 2.30. The summed E-state index contributed by atoms with van der Waals surface area (Å²) in [5.74, 6) is 0.494. The van der Waals surface area contributed by atoms with Crippen LogP contribution in [0.3, 0.4) is 0 Å². The van der Waals surface area contributed by atoms with Crippen molar-refractivity contribution in [2.75, 3.05) is 0 Å². The van der Waals surface area contributed by atoms with Gasteiger partial charge in [-0.15, -0.1) is 0 Å². The Balaban J connectivity index is 1.55. The number of hydrogen-bond donors (Lipinski definition) is 1. The molecule has 0 saturated heterocycles. The van der Waals surface area contributed by atoms with Gasteiger partial charge in [0.2, 0.25) is 5.76 Å². The van der Waals surface area contributed by atoms with Crippen LogP contribution in [0, 0.1) is 6.92 Å². The van der Waals surface area contributed by atoms with Crippen molar-refractivity contribution in [1.29, 1.82) is 0 Å². The summed E-state index contributed by atoms with van der Waals surface area (Å²) >= 11 is 0. The molecule has 1 aliphatic carbocycles. The molecule has 0 atom stereocenters. The SMILES string of the molecule is CCc1ccc(OC(=O)c2oc3c(c2C)/C(=N/NC(=O)c2ccco2)CCC3)cc1. The fourth-order valence-electron chi connectivity index (χ4n) is 3.50. The highest BCUT2D eigenvalue weighted by atomic mass is 16.5. The lowest BCUT2D eigenvalue weighted by Gasteiger charge is -2.13. The number of nitrogens with zero attached hydrogens (tertiary/aromatic N) is 1. The molecule has 1 aliphatic rings. The minimum absolute atomic E-state index is 0.159. The summed E-state index contributed by atoms with van der Waals surface area (Å²) in [7, 11) is 0. The van der Waals surface area contributed by atoms with Gasteiger partial charge in [0.1, 0.15) is 11.5 Å². The van der Waals surface area contributed by atoms with Gasteiger partial charge >= 0.3 is 11.9 Å². The first-order valence-electron chi connectivity index (χ1n) is 9.91. The van der Waals surface area contributed by atoms with Gasteiger partial charge in [-0.25, -0.2) is 10.2 Å². The zero-order chi connectivity index (χ0) is 21.1. The van der Waals surface area contributed by atoms with E-state index in [4.69, 9.17) is 13.6 Å². The molecule has 0 saturated carbocycles. The molecule has 0 spiro atoms. The molecule has 30 heavy (non-hydrogen) atoms. The van der Waals surface area contributed by atoms with Crippen LogP contribution in [-0.4, -0.2) is 17.6 Å². The van der Waals surface area contributed by atoms with Crippen LogP contribution in [0.4, 0.5) is 0 Å². The number of hydrogen-bond acceptors (Lipinski definition) is 6. The van der Waals surface area contributed by atoms with Crippen molar-refractivity contribution in [1.82, 2.24) is 5.43 Å². The van der Waals surface area contributed by atoms with Crippen LogP contribution in [-0.2, 0) is 12.8 Å². The molecule has 0 unspecified atom stereocenters. The second kappa shape index (κ2) is 8.41. The van der Waals surface area contributed by atoms with Crippen molar-refractivity contribution >= 4 is 17.6 Å². The Morgan fingerprint density at radius 3 is 2.67 bits per heavy atom. The first-order valence-corrected chi connectivity index (χ1v) is 9.91. The van der Waals surface area contributed by atoms with Crippen LogP contribution in [0.2, 0.25) is 0 Å². The molecule has 1 N–H and O–H groups in total. The largest absolute Gasteiger partial charge is 0.459 e. The Morgan fingerprint density at radius 1 is 1.17 bits per heavy atom. The summed E-state index contributed by atoms with van der Waals surface area (Å²) in [6, 6.07) is 10.6. The summed E-state index contributed by atoms with van der Waals surface area (Å²) in [4.78, 5) is 24.8. The number of fused-ring (bicyclic) bond motifs is 1. The minimum Gasteiger partial charge on any atom is -0.459 e. The van der Waals surface area contributed by atoms with Gasteiger partial charge in [0.15, 0.2) is 5.76 Å². The van der Waals surface area contributed by atoms with Crippen LogP contribution >= 0.6 is 0 Å². The molecule has 2 heterocycles. The molecule has 7 heteroatoms. The number of carbonyl (C=O) groups is 2. The van der Waals surface area contributed by atoms with Crippen molar-refractivity contribution in [2.45, 2.75) is 39.5 Å². The zero-order valence-corrected chi connectivity index (χ0v) is 16.9. The van der Waals surface area contributed by atoms with Crippen LogP contribution in [0.15, 0.2) is 56.6 Å². The molecule has 154 valence electrons. The quantitative estimate of drug-likeness (QED) is 0.384. The Labute approximate surface area is 173 Å². The van der Waals surface area contributed by atoms with Crippen LogP contribution < -0.4 is 10.2 Å². The second-order valence-electron chi connectivity index (χ2n) is 7.07. The molecule has 3 aromatic rings. The topological polar surface area (TPSA) is 94.0 Å². The average molecular weight is 406 g/mol. The maximum atomic E-state index is 12.7. The maximum Gasteiger partial charge on any atom is 0.379 e. The van der Waals surface area contributed by atoms with Gasteiger partial charge in [0, 0.05) is 17.5 Å². The molecule has 7 nitrogen and oxygen atoms in total. The first-order chi connectivity index (χ1) is 14.6. The lowest BCUT2D eigenvalue weighted by atomic mass is 9.93. The van der Waals surface area contributed by atoms with Crippen LogP contribution in [0.1, 0.15) is 63.3 Å². The lowest BCUT2D eigenvalue weighted by molar-refractivity contribution is 0.0698. The van der Waals surface area contributed by atoms with Crippen LogP contribution in [0.25, 0.3) is 0 Å². The molecule has 1 amide bonds. The standard InChI is InChI=1S/C23H22N2O5/c1-3-15-9-11-16(12-10-15)29-23(27)21-14(2)20-17(6-4-7-18(20)30-21)24-25-22(26)19-8-5-13-28-19/h5,8-13H,3-4,6-7H2,1-2H3,(H,25,26)/b24-17+. The monoisotopic (exact) mass is 406 g/mol. The Hall–Kier alpha value is -3.61. The molecule has 2 aromatic heterocycles. The predicted octanol–water partition coefficient (Wildman–Crippen LogP) is 4.43. The van der Waals surface area contributed by atoms with E-state index in [2.05, 4.69) is 17.5 Å². The molecular formula is C23H22N2O5. The van der Waals surface area contributed by atoms with E-state index in [1.54, 1.807) is 31.2 Å². The number of furan rings is 2. The fourth-order valence-corrected chi connectivity index (χ4v) is 3.50. The summed E-state index contributed by atoms with van der Waals surface area (Å²) < 4.78 is 16.4. The van der Waals surface area contributed by atoms with E-state index in [1.807, 2.05) is 12.1 Å². The number of amides is 1. The average Bonchev–Trinajstić information content (AvgIpc) is 3.41. The Morgan fingerprint density at radius 2 is 1.97 bits per heavy atom. The number of hydrazone groups is 1. The smallest absolute Gasteiger partial charge is 0.379 e. The van der Waals surface area contributed by atoms with Gasteiger partial charge in [-0.3, -0.25) is 4.79 Å². The summed E-state index contributed by atoms with van der Waals surface area (Å²) in [5.41, 5.74) is 5.76. The third kappa shape index (κ3) is 3.91. The minimum atomic E-state index is -0.551. The van der Waals surface area contributed by atoms with Gasteiger partial charge < -0.3 is 13.6 Å². The number of benzene rings is 1. The van der Waals surface area contributed by atoms with Gasteiger partial charge in [0.05, 0.1) is 12.0 Å². The van der Waals surface area contributed by atoms with E-state index in [1.165, 1.54) is 6.26 Å². The van der Waals surface area contributed by atoms with E-state index in [-0.39, 0.29) is 11.5 Å². The van der Waals surface area contributed by atoms with Crippen molar-refractivity contribution in [3.05, 3.63) is 76.6 Å². The van der Waals surface area contributed by atoms with Crippen LogP contribution in [0.5, 0.6) is 5.75 Å². The summed E-state index contributed by atoms with van der Waals surface area (Å²) in [6.45, 7) is 3.86. The third-order valence-electron chi connectivity index (χ3n) is 5.09. The van der Waals surface area contributed by atoms with Crippen molar-refractivity contribution in [3.8, 4) is 5.75 Å². The van der Waals surface area contributed by atoms with Crippen molar-refractivity contribution in [3.63, 3.8) is 0 Å². The van der Waals surface area contributed by atoms with Crippen molar-refractivity contribution in [2.24, 2.45) is 5.10 Å². The molecule has 0 fully saturated rings. The third-order valence-corrected chi connectivity index (χ3v) is 5.09. The van der Waals surface area contributed by atoms with Gasteiger partial charge in [-0.1, -0.05) is 19.1 Å². The summed E-state index contributed by atoms with van der Waals surface area (Å²) in [6.07, 6.45) is 4.51. The summed E-state index contributed by atoms with van der Waals surface area (Å²) in [5, 5.41) is 4.26. The number of carbonyl (C=O) groups excluding carboxylic acids is 2. The number of esters is 1. The Kier molecular flexibility index (Phi) is 5.52. The highest BCUT2D eigenvalue weighted by Gasteiger charge is 2.29. The first kappa shape index (κ1) is 19.7. The molecule has 1 aromatic carbocycles. The van der Waals surface area contributed by atoms with Gasteiger partial charge in [-0.05, 0) is 56.0 Å². The molecular weight excluding hydrogens is 384 g/mol. The lowest BCUT2D eigenvalue weighted by Crippen LogP contribution is -2.21. The molecule has 0 radical (unpaired) electrons. The second-order valence-corrected chi connectivity index (χ2v) is 7.07. The fraction of sp³-hybridized carbons (Fsp3) is 0.261. The molecule has 4 rings (SSSR count). The number of aryl methyl sites for hydroxylation is 2. The maximum absolute atomic E-state index is 12.7. The van der Waals surface area contributed by atoms with E-state index in [0.717, 1.165) is 24.0 Å². The van der Waals surface area contributed by atoms with E-state index >= 15 is 0 Å². The number of nitrogens with one attached hydrogen (secondary N) is 1. The van der Waals surface area contributed by atoms with E-state index in [0.29, 0.717) is 35.6 Å². The molecule has 0 aliphatic heterocycles. The number of ether oxygens (including phenoxy) is 1. The zero-order valence-electron chi connectivity index (χ0n) is 16.9. The highest BCUT2D eigenvalue weighted by molar-refractivity contribution is 6.06. The van der Waals surface area contributed by atoms with E-state index < -0.39 is 11.9 Å². The normalized spacial score (nSPS) is 14.4. The van der Waals surface area contributed by atoms with E-state index in [9.17, 15) is 9.59 Å².